The van der Waals surface area contributed by atoms with Gasteiger partial charge in [0.2, 0.25) is 11.9 Å². The third kappa shape index (κ3) is 4.78. The molecule has 3 aromatic rings. The summed E-state index contributed by atoms with van der Waals surface area (Å²) < 4.78 is 0. The van der Waals surface area contributed by atoms with Crippen LogP contribution in [-0.2, 0) is 9.59 Å². The third-order valence-electron chi connectivity index (χ3n) is 5.74. The Bertz CT molecular complexity index is 1240. The number of rotatable bonds is 4. The number of benzene rings is 2. The average molecular weight is 492 g/mol. The maximum absolute atomic E-state index is 13.4. The smallest absolute Gasteiger partial charge is 0.265 e. The average Bonchev–Trinajstić information content (AvgIpc) is 2.87. The Labute approximate surface area is 207 Å². The van der Waals surface area contributed by atoms with Gasteiger partial charge in [-0.2, -0.15) is 0 Å². The van der Waals surface area contributed by atoms with Crippen molar-refractivity contribution in [3.05, 3.63) is 82.5 Å². The summed E-state index contributed by atoms with van der Waals surface area (Å²) in [5.74, 6) is 0.404. The quantitative estimate of drug-likeness (QED) is 0.514. The van der Waals surface area contributed by atoms with Crippen LogP contribution < -0.4 is 9.80 Å². The van der Waals surface area contributed by atoms with Gasteiger partial charge in [0.15, 0.2) is 0 Å². The summed E-state index contributed by atoms with van der Waals surface area (Å²) in [6, 6.07) is 16.8. The minimum atomic E-state index is -0.187. The number of hydrogen-bond acceptors (Lipinski definition) is 6. The zero-order valence-electron chi connectivity index (χ0n) is 18.3. The molecule has 172 valence electrons. The van der Waals surface area contributed by atoms with E-state index in [0.29, 0.717) is 42.1 Å². The molecule has 0 N–H and O–H groups in total. The lowest BCUT2D eigenvalue weighted by Gasteiger charge is -2.36. The number of aromatic nitrogens is 2. The van der Waals surface area contributed by atoms with Crippen molar-refractivity contribution in [1.82, 2.24) is 14.9 Å². The molecule has 9 heteroatoms. The number of fused-ring (bicyclic) bond motifs is 1. The Morgan fingerprint density at radius 3 is 2.53 bits per heavy atom. The first-order valence-electron chi connectivity index (χ1n) is 10.9. The lowest BCUT2D eigenvalue weighted by Crippen LogP contribution is -2.52. The minimum absolute atomic E-state index is 0.00880. The number of anilines is 2. The summed E-state index contributed by atoms with van der Waals surface area (Å²) >= 11 is 7.53. The van der Waals surface area contributed by atoms with Crippen LogP contribution in [0.5, 0.6) is 0 Å². The lowest BCUT2D eigenvalue weighted by atomic mass is 10.2. The number of thioether (sulfide) groups is 1. The van der Waals surface area contributed by atoms with Gasteiger partial charge in [0, 0.05) is 48.5 Å². The van der Waals surface area contributed by atoms with Gasteiger partial charge in [-0.1, -0.05) is 47.6 Å². The normalized spacial score (nSPS) is 17.1. The molecule has 0 unspecified atom stereocenters. The molecule has 7 nitrogen and oxygen atoms in total. The number of carbonyl (C=O) groups excluding carboxylic acids is 2. The molecule has 34 heavy (non-hydrogen) atoms. The SMILES string of the molecule is O=C(CN1C(=O)/C(=C/c2cccc(Cl)c2)Sc2ccccc21)N1CCN(c2ncccn2)CC1. The highest BCUT2D eigenvalue weighted by atomic mass is 35.5. The van der Waals surface area contributed by atoms with Gasteiger partial charge in [0.05, 0.1) is 10.6 Å². The van der Waals surface area contributed by atoms with E-state index in [2.05, 4.69) is 14.9 Å². The Morgan fingerprint density at radius 2 is 1.76 bits per heavy atom. The maximum atomic E-state index is 13.4. The van der Waals surface area contributed by atoms with Gasteiger partial charge in [0.25, 0.3) is 5.91 Å². The van der Waals surface area contributed by atoms with E-state index in [9.17, 15) is 9.59 Å². The fraction of sp³-hybridized carbons (Fsp3) is 0.200. The molecule has 0 spiro atoms. The van der Waals surface area contributed by atoms with E-state index in [0.717, 1.165) is 16.1 Å². The second kappa shape index (κ2) is 9.87. The van der Waals surface area contributed by atoms with Crippen molar-refractivity contribution in [3.8, 4) is 0 Å². The Balaban J connectivity index is 1.33. The fourth-order valence-corrected chi connectivity index (χ4v) is 5.27. The van der Waals surface area contributed by atoms with Crippen LogP contribution in [0, 0.1) is 0 Å². The van der Waals surface area contributed by atoms with Crippen molar-refractivity contribution in [2.45, 2.75) is 4.90 Å². The Morgan fingerprint density at radius 1 is 1.00 bits per heavy atom. The first-order valence-corrected chi connectivity index (χ1v) is 12.1. The molecule has 0 radical (unpaired) electrons. The Kier molecular flexibility index (Phi) is 6.51. The number of hydrogen-bond donors (Lipinski definition) is 0. The summed E-state index contributed by atoms with van der Waals surface area (Å²) in [5, 5.41) is 0.607. The van der Waals surface area contributed by atoms with Crippen LogP contribution in [-0.4, -0.2) is 59.4 Å². The van der Waals surface area contributed by atoms with E-state index >= 15 is 0 Å². The number of para-hydroxylation sites is 1. The molecular weight excluding hydrogens is 470 g/mol. The summed E-state index contributed by atoms with van der Waals surface area (Å²) in [6.07, 6.45) is 5.25. The third-order valence-corrected chi connectivity index (χ3v) is 7.05. The molecule has 0 bridgehead atoms. The molecule has 0 atom stereocenters. The first-order chi connectivity index (χ1) is 16.6. The molecule has 0 saturated carbocycles. The summed E-state index contributed by atoms with van der Waals surface area (Å²) in [4.78, 5) is 42.2. The van der Waals surface area contributed by atoms with Crippen molar-refractivity contribution in [3.63, 3.8) is 0 Å². The first kappa shape index (κ1) is 22.4. The molecule has 2 aromatic carbocycles. The Hall–Kier alpha value is -3.36. The van der Waals surface area contributed by atoms with Crippen LogP contribution in [0.15, 0.2) is 76.8 Å². The van der Waals surface area contributed by atoms with Gasteiger partial charge in [-0.15, -0.1) is 0 Å². The zero-order valence-corrected chi connectivity index (χ0v) is 19.9. The van der Waals surface area contributed by atoms with Crippen molar-refractivity contribution >= 4 is 52.9 Å². The monoisotopic (exact) mass is 491 g/mol. The molecule has 1 saturated heterocycles. The molecule has 2 amide bonds. The zero-order chi connectivity index (χ0) is 23.5. The number of piperazine rings is 1. The van der Waals surface area contributed by atoms with E-state index in [-0.39, 0.29) is 18.4 Å². The van der Waals surface area contributed by atoms with Crippen LogP contribution in [0.1, 0.15) is 5.56 Å². The van der Waals surface area contributed by atoms with Gasteiger partial charge in [-0.3, -0.25) is 14.5 Å². The van der Waals surface area contributed by atoms with Gasteiger partial charge in [0.1, 0.15) is 6.54 Å². The highest BCUT2D eigenvalue weighted by Crippen LogP contribution is 2.42. The molecular formula is C25H22ClN5O2S. The second-order valence-electron chi connectivity index (χ2n) is 7.94. The summed E-state index contributed by atoms with van der Waals surface area (Å²) in [5.41, 5.74) is 1.60. The molecule has 3 heterocycles. The van der Waals surface area contributed by atoms with E-state index in [4.69, 9.17) is 11.6 Å². The largest absolute Gasteiger partial charge is 0.338 e. The molecule has 2 aliphatic rings. The molecule has 1 aromatic heterocycles. The van der Waals surface area contributed by atoms with Gasteiger partial charge < -0.3 is 9.80 Å². The van der Waals surface area contributed by atoms with Gasteiger partial charge in [-0.05, 0) is 42.0 Å². The van der Waals surface area contributed by atoms with Crippen LogP contribution in [0.2, 0.25) is 5.02 Å². The van der Waals surface area contributed by atoms with Crippen molar-refractivity contribution < 1.29 is 9.59 Å². The van der Waals surface area contributed by atoms with Gasteiger partial charge in [-0.25, -0.2) is 9.97 Å². The summed E-state index contributed by atoms with van der Waals surface area (Å²) in [6.45, 7) is 2.40. The molecule has 2 aliphatic heterocycles. The van der Waals surface area contributed by atoms with Crippen molar-refractivity contribution in [2.75, 3.05) is 42.5 Å². The van der Waals surface area contributed by atoms with E-state index < -0.39 is 0 Å². The molecule has 0 aliphatic carbocycles. The van der Waals surface area contributed by atoms with E-state index in [1.165, 1.54) is 11.8 Å². The highest BCUT2D eigenvalue weighted by molar-refractivity contribution is 8.04. The van der Waals surface area contributed by atoms with Crippen LogP contribution in [0.3, 0.4) is 0 Å². The van der Waals surface area contributed by atoms with E-state index in [1.807, 2.05) is 48.5 Å². The topological polar surface area (TPSA) is 69.6 Å². The lowest BCUT2D eigenvalue weighted by molar-refractivity contribution is -0.131. The molecule has 1 fully saturated rings. The maximum Gasteiger partial charge on any atom is 0.265 e. The van der Waals surface area contributed by atoms with Crippen molar-refractivity contribution in [1.29, 1.82) is 0 Å². The molecule has 5 rings (SSSR count). The fourth-order valence-electron chi connectivity index (χ4n) is 4.01. The predicted octanol–water partition coefficient (Wildman–Crippen LogP) is 3.96. The minimum Gasteiger partial charge on any atom is -0.338 e. The number of carbonyl (C=O) groups is 2. The number of halogens is 1. The summed E-state index contributed by atoms with van der Waals surface area (Å²) in [7, 11) is 0. The standard InChI is InChI=1S/C25H22ClN5O2S/c26-19-6-3-5-18(15-19)16-22-24(33)31(20-7-1-2-8-21(20)34-22)17-23(32)29-11-13-30(14-12-29)25-27-9-4-10-28-25/h1-10,15-16H,11-14,17H2/b22-16-. The van der Waals surface area contributed by atoms with Crippen LogP contribution in [0.4, 0.5) is 11.6 Å². The van der Waals surface area contributed by atoms with Gasteiger partial charge >= 0.3 is 0 Å². The highest BCUT2D eigenvalue weighted by Gasteiger charge is 2.32. The number of nitrogens with zero attached hydrogens (tertiary/aromatic N) is 5. The second-order valence-corrected chi connectivity index (χ2v) is 9.46. The number of amides is 2. The van der Waals surface area contributed by atoms with Crippen LogP contribution in [0.25, 0.3) is 6.08 Å². The predicted molar refractivity (Wildman–Crippen MR) is 135 cm³/mol. The van der Waals surface area contributed by atoms with E-state index in [1.54, 1.807) is 34.3 Å². The van der Waals surface area contributed by atoms with Crippen LogP contribution >= 0.6 is 23.4 Å². The van der Waals surface area contributed by atoms with Crippen molar-refractivity contribution in [2.24, 2.45) is 0 Å².